The number of amides is 1. The van der Waals surface area contributed by atoms with Crippen LogP contribution in [0.4, 0.5) is 5.69 Å². The molecule has 0 heterocycles. The normalized spacial score (nSPS) is 23.1. The van der Waals surface area contributed by atoms with E-state index in [2.05, 4.69) is 5.32 Å². The predicted octanol–water partition coefficient (Wildman–Crippen LogP) is 3.35. The van der Waals surface area contributed by atoms with E-state index in [4.69, 9.17) is 17.3 Å². The molecule has 0 spiro atoms. The first-order chi connectivity index (χ1) is 9.10. The fraction of sp³-hybridized carbons (Fsp3) is 0.533. The molecular formula is C15H21ClN2O. The Bertz CT molecular complexity index is 453. The molecule has 2 rings (SSSR count). The number of carbonyl (C=O) groups excluding carboxylic acids is 1. The van der Waals surface area contributed by atoms with Crippen molar-refractivity contribution in [2.75, 3.05) is 11.9 Å². The van der Waals surface area contributed by atoms with Crippen LogP contribution in [0.5, 0.6) is 0 Å². The number of nitrogens with two attached hydrogens (primary N) is 1. The van der Waals surface area contributed by atoms with Gasteiger partial charge in [-0.15, -0.1) is 0 Å². The Hall–Kier alpha value is -1.06. The minimum atomic E-state index is 0.0845. The first-order valence-electron chi connectivity index (χ1n) is 6.87. The maximum Gasteiger partial charge on any atom is 0.227 e. The van der Waals surface area contributed by atoms with Gasteiger partial charge in [0.15, 0.2) is 0 Å². The zero-order valence-electron chi connectivity index (χ0n) is 11.3. The number of hydrogen-bond donors (Lipinski definition) is 2. The van der Waals surface area contributed by atoms with Gasteiger partial charge < -0.3 is 11.1 Å². The number of aryl methyl sites for hydroxylation is 1. The summed E-state index contributed by atoms with van der Waals surface area (Å²) in [5.41, 5.74) is 7.46. The van der Waals surface area contributed by atoms with Gasteiger partial charge in [0, 0.05) is 5.92 Å². The molecule has 3 nitrogen and oxygen atoms in total. The average Bonchev–Trinajstić information content (AvgIpc) is 2.42. The van der Waals surface area contributed by atoms with E-state index in [0.29, 0.717) is 16.6 Å². The monoisotopic (exact) mass is 280 g/mol. The second-order valence-corrected chi connectivity index (χ2v) is 5.83. The lowest BCUT2D eigenvalue weighted by atomic mass is 9.81. The van der Waals surface area contributed by atoms with Gasteiger partial charge in [-0.05, 0) is 62.8 Å². The van der Waals surface area contributed by atoms with Crippen LogP contribution in [0, 0.1) is 18.8 Å². The molecule has 0 saturated heterocycles. The Labute approximate surface area is 119 Å². The minimum Gasteiger partial charge on any atom is -0.330 e. The highest BCUT2D eigenvalue weighted by atomic mass is 35.5. The third-order valence-electron chi connectivity index (χ3n) is 3.93. The van der Waals surface area contributed by atoms with Crippen LogP contribution in [-0.4, -0.2) is 12.5 Å². The quantitative estimate of drug-likeness (QED) is 0.892. The van der Waals surface area contributed by atoms with Crippen LogP contribution < -0.4 is 11.1 Å². The van der Waals surface area contributed by atoms with Crippen LogP contribution in [0.2, 0.25) is 5.02 Å². The molecule has 0 atom stereocenters. The second-order valence-electron chi connectivity index (χ2n) is 5.43. The number of carbonyl (C=O) groups is 1. The van der Waals surface area contributed by atoms with Crippen molar-refractivity contribution in [3.8, 4) is 0 Å². The maximum absolute atomic E-state index is 12.2. The number of halogens is 1. The SMILES string of the molecule is Cc1ccc(NC(=O)C2CCC(CN)CC2)c(Cl)c1. The Balaban J connectivity index is 1.94. The molecule has 0 radical (unpaired) electrons. The van der Waals surface area contributed by atoms with Crippen molar-refractivity contribution in [2.24, 2.45) is 17.6 Å². The van der Waals surface area contributed by atoms with Gasteiger partial charge in [0.2, 0.25) is 5.91 Å². The van der Waals surface area contributed by atoms with E-state index >= 15 is 0 Å². The Kier molecular flexibility index (Phi) is 4.83. The summed E-state index contributed by atoms with van der Waals surface area (Å²) in [7, 11) is 0. The predicted molar refractivity (Wildman–Crippen MR) is 79.3 cm³/mol. The molecule has 19 heavy (non-hydrogen) atoms. The van der Waals surface area contributed by atoms with Crippen molar-refractivity contribution >= 4 is 23.2 Å². The fourth-order valence-electron chi connectivity index (χ4n) is 2.62. The van der Waals surface area contributed by atoms with Gasteiger partial charge in [0.05, 0.1) is 10.7 Å². The Morgan fingerprint density at radius 2 is 2.05 bits per heavy atom. The van der Waals surface area contributed by atoms with E-state index in [0.717, 1.165) is 37.8 Å². The van der Waals surface area contributed by atoms with Gasteiger partial charge in [-0.1, -0.05) is 17.7 Å². The zero-order valence-corrected chi connectivity index (χ0v) is 12.0. The Morgan fingerprint density at radius 3 is 2.63 bits per heavy atom. The van der Waals surface area contributed by atoms with Crippen LogP contribution in [0.25, 0.3) is 0 Å². The van der Waals surface area contributed by atoms with E-state index in [1.165, 1.54) is 0 Å². The van der Waals surface area contributed by atoms with Crippen molar-refractivity contribution in [3.63, 3.8) is 0 Å². The summed E-state index contributed by atoms with van der Waals surface area (Å²) in [6, 6.07) is 5.68. The molecule has 1 saturated carbocycles. The molecule has 1 aliphatic carbocycles. The number of benzene rings is 1. The molecule has 1 aromatic rings. The number of rotatable bonds is 3. The molecule has 1 fully saturated rings. The molecule has 104 valence electrons. The van der Waals surface area contributed by atoms with Crippen LogP contribution in [-0.2, 0) is 4.79 Å². The molecule has 4 heteroatoms. The highest BCUT2D eigenvalue weighted by Crippen LogP contribution is 2.30. The first-order valence-corrected chi connectivity index (χ1v) is 7.25. The summed E-state index contributed by atoms with van der Waals surface area (Å²) < 4.78 is 0. The average molecular weight is 281 g/mol. The minimum absolute atomic E-state index is 0.0845. The molecule has 0 aromatic heterocycles. The summed E-state index contributed by atoms with van der Waals surface area (Å²) in [6.07, 6.45) is 3.96. The van der Waals surface area contributed by atoms with Gasteiger partial charge >= 0.3 is 0 Å². The van der Waals surface area contributed by atoms with Crippen LogP contribution >= 0.6 is 11.6 Å². The molecular weight excluding hydrogens is 260 g/mol. The van der Waals surface area contributed by atoms with Gasteiger partial charge in [-0.2, -0.15) is 0 Å². The second kappa shape index (κ2) is 6.40. The summed E-state index contributed by atoms with van der Waals surface area (Å²) >= 11 is 6.13. The highest BCUT2D eigenvalue weighted by Gasteiger charge is 2.25. The standard InChI is InChI=1S/C15H21ClN2O/c1-10-2-7-14(13(16)8-10)18-15(19)12-5-3-11(9-17)4-6-12/h2,7-8,11-12H,3-6,9,17H2,1H3,(H,18,19). The third-order valence-corrected chi connectivity index (χ3v) is 4.25. The van der Waals surface area contributed by atoms with E-state index in [9.17, 15) is 4.79 Å². The summed E-state index contributed by atoms with van der Waals surface area (Å²) in [4.78, 5) is 12.2. The molecule has 0 unspecified atom stereocenters. The molecule has 0 aliphatic heterocycles. The summed E-state index contributed by atoms with van der Waals surface area (Å²) in [6.45, 7) is 2.71. The van der Waals surface area contributed by atoms with Crippen LogP contribution in [0.1, 0.15) is 31.2 Å². The number of anilines is 1. The molecule has 0 bridgehead atoms. The lowest BCUT2D eigenvalue weighted by Gasteiger charge is -2.26. The molecule has 1 amide bonds. The van der Waals surface area contributed by atoms with E-state index in [1.807, 2.05) is 25.1 Å². The van der Waals surface area contributed by atoms with Crippen molar-refractivity contribution in [1.82, 2.24) is 0 Å². The van der Waals surface area contributed by atoms with Gasteiger partial charge in [-0.3, -0.25) is 4.79 Å². The highest BCUT2D eigenvalue weighted by molar-refractivity contribution is 6.33. The van der Waals surface area contributed by atoms with Crippen molar-refractivity contribution in [2.45, 2.75) is 32.6 Å². The van der Waals surface area contributed by atoms with E-state index in [1.54, 1.807) is 0 Å². The van der Waals surface area contributed by atoms with E-state index in [-0.39, 0.29) is 11.8 Å². The fourth-order valence-corrected chi connectivity index (χ4v) is 2.90. The largest absolute Gasteiger partial charge is 0.330 e. The van der Waals surface area contributed by atoms with Crippen LogP contribution in [0.15, 0.2) is 18.2 Å². The van der Waals surface area contributed by atoms with E-state index < -0.39 is 0 Å². The third kappa shape index (κ3) is 3.71. The topological polar surface area (TPSA) is 55.1 Å². The zero-order chi connectivity index (χ0) is 13.8. The maximum atomic E-state index is 12.2. The van der Waals surface area contributed by atoms with Crippen molar-refractivity contribution < 1.29 is 4.79 Å². The number of nitrogens with one attached hydrogen (secondary N) is 1. The summed E-state index contributed by atoms with van der Waals surface area (Å²) in [5.74, 6) is 0.772. The Morgan fingerprint density at radius 1 is 1.37 bits per heavy atom. The van der Waals surface area contributed by atoms with Gasteiger partial charge in [0.1, 0.15) is 0 Å². The summed E-state index contributed by atoms with van der Waals surface area (Å²) in [5, 5.41) is 3.54. The smallest absolute Gasteiger partial charge is 0.227 e. The van der Waals surface area contributed by atoms with Crippen molar-refractivity contribution in [1.29, 1.82) is 0 Å². The van der Waals surface area contributed by atoms with Crippen LogP contribution in [0.3, 0.4) is 0 Å². The lowest BCUT2D eigenvalue weighted by Crippen LogP contribution is -2.29. The molecule has 1 aliphatic rings. The van der Waals surface area contributed by atoms with Gasteiger partial charge in [0.25, 0.3) is 0 Å². The van der Waals surface area contributed by atoms with Crippen molar-refractivity contribution in [3.05, 3.63) is 28.8 Å². The number of hydrogen-bond acceptors (Lipinski definition) is 2. The molecule has 1 aromatic carbocycles. The first kappa shape index (κ1) is 14.4. The molecule has 3 N–H and O–H groups in total. The lowest BCUT2D eigenvalue weighted by molar-refractivity contribution is -0.121. The van der Waals surface area contributed by atoms with Gasteiger partial charge in [-0.25, -0.2) is 0 Å².